The number of hydrogen-bond donors (Lipinski definition) is 0. The van der Waals surface area contributed by atoms with Gasteiger partial charge < -0.3 is 18.6 Å². The summed E-state index contributed by atoms with van der Waals surface area (Å²) in [5.41, 5.74) is -0.112. The summed E-state index contributed by atoms with van der Waals surface area (Å²) >= 11 is 0. The molecule has 2 aromatic rings. The van der Waals surface area contributed by atoms with E-state index in [1.807, 2.05) is 24.3 Å². The second-order valence-electron chi connectivity index (χ2n) is 8.65. The highest BCUT2D eigenvalue weighted by Crippen LogP contribution is 2.40. The van der Waals surface area contributed by atoms with Crippen LogP contribution in [0.15, 0.2) is 23.0 Å². The van der Waals surface area contributed by atoms with Gasteiger partial charge in [-0.2, -0.15) is 0 Å². The summed E-state index contributed by atoms with van der Waals surface area (Å²) in [5, 5.41) is 0. The van der Waals surface area contributed by atoms with Gasteiger partial charge >= 0.3 is 0 Å². The van der Waals surface area contributed by atoms with E-state index in [2.05, 4.69) is 19.4 Å². The van der Waals surface area contributed by atoms with E-state index in [0.717, 1.165) is 57.6 Å². The van der Waals surface area contributed by atoms with Gasteiger partial charge in [-0.1, -0.05) is 0 Å². The fourth-order valence-electron chi connectivity index (χ4n) is 4.84. The summed E-state index contributed by atoms with van der Waals surface area (Å²) in [7, 11) is 2.03. The molecular weight excluding hydrogens is 370 g/mol. The summed E-state index contributed by atoms with van der Waals surface area (Å²) in [6.07, 6.45) is 10.6. The molecule has 1 spiro atoms. The summed E-state index contributed by atoms with van der Waals surface area (Å²) < 4.78 is 13.7. The first-order chi connectivity index (χ1) is 14.1. The van der Waals surface area contributed by atoms with E-state index in [0.29, 0.717) is 31.4 Å². The largest absolute Gasteiger partial charge is 0.435 e. The maximum Gasteiger partial charge on any atom is 0.291 e. The first-order valence-electron chi connectivity index (χ1n) is 10.7. The number of rotatable bonds is 4. The molecule has 0 bridgehead atoms. The van der Waals surface area contributed by atoms with Crippen LogP contribution in [0.5, 0.6) is 0 Å². The van der Waals surface area contributed by atoms with Gasteiger partial charge in [0, 0.05) is 31.9 Å². The van der Waals surface area contributed by atoms with E-state index in [9.17, 15) is 4.79 Å². The van der Waals surface area contributed by atoms with E-state index >= 15 is 0 Å². The zero-order valence-corrected chi connectivity index (χ0v) is 17.0. The average molecular weight is 399 g/mol. The van der Waals surface area contributed by atoms with Gasteiger partial charge in [-0.25, -0.2) is 9.97 Å². The van der Waals surface area contributed by atoms with Crippen molar-refractivity contribution in [3.05, 3.63) is 36.1 Å². The van der Waals surface area contributed by atoms with Gasteiger partial charge in [-0.15, -0.1) is 0 Å². The van der Waals surface area contributed by atoms with Gasteiger partial charge in [0.25, 0.3) is 5.91 Å². The minimum atomic E-state index is -0.112. The van der Waals surface area contributed by atoms with Crippen molar-refractivity contribution in [2.45, 2.75) is 50.1 Å². The Hall–Kier alpha value is -2.19. The molecule has 1 saturated carbocycles. The Morgan fingerprint density at radius 2 is 2.07 bits per heavy atom. The summed E-state index contributed by atoms with van der Waals surface area (Å²) in [5.74, 6) is 2.42. The summed E-state index contributed by atoms with van der Waals surface area (Å²) in [4.78, 5) is 26.4. The smallest absolute Gasteiger partial charge is 0.291 e. The quantitative estimate of drug-likeness (QED) is 0.784. The van der Waals surface area contributed by atoms with Crippen LogP contribution in [0.1, 0.15) is 60.3 Å². The predicted octanol–water partition coefficient (Wildman–Crippen LogP) is 2.18. The summed E-state index contributed by atoms with van der Waals surface area (Å²) in [6, 6.07) is 0. The fraction of sp³-hybridized carbons (Fsp3) is 0.667. The zero-order valence-electron chi connectivity index (χ0n) is 17.0. The second kappa shape index (κ2) is 7.57. The van der Waals surface area contributed by atoms with Crippen LogP contribution in [0.2, 0.25) is 0 Å². The third kappa shape index (κ3) is 3.48. The van der Waals surface area contributed by atoms with Crippen LogP contribution in [-0.2, 0) is 18.3 Å². The van der Waals surface area contributed by atoms with Crippen molar-refractivity contribution in [1.82, 2.24) is 24.3 Å². The number of nitrogens with zero attached hydrogens (tertiary/aromatic N) is 5. The molecule has 29 heavy (non-hydrogen) atoms. The molecular formula is C21H29N5O3. The van der Waals surface area contributed by atoms with Crippen molar-refractivity contribution in [2.24, 2.45) is 7.05 Å². The molecule has 2 aliphatic heterocycles. The number of amides is 1. The monoisotopic (exact) mass is 399 g/mol. The van der Waals surface area contributed by atoms with E-state index in [-0.39, 0.29) is 17.4 Å². The zero-order chi connectivity index (χ0) is 19.8. The molecule has 3 aliphatic rings. The number of carbonyl (C=O) groups excluding carboxylic acids is 1. The highest BCUT2D eigenvalue weighted by molar-refractivity contribution is 5.92. The molecule has 1 aliphatic carbocycles. The predicted molar refractivity (Wildman–Crippen MR) is 105 cm³/mol. The van der Waals surface area contributed by atoms with E-state index in [1.165, 1.54) is 0 Å². The van der Waals surface area contributed by atoms with Crippen LogP contribution in [0.4, 0.5) is 0 Å². The second-order valence-corrected chi connectivity index (χ2v) is 8.65. The van der Waals surface area contributed by atoms with Crippen molar-refractivity contribution in [3.8, 4) is 0 Å². The van der Waals surface area contributed by atoms with Crippen LogP contribution < -0.4 is 0 Å². The lowest BCUT2D eigenvalue weighted by Gasteiger charge is -2.52. The summed E-state index contributed by atoms with van der Waals surface area (Å²) in [6.45, 7) is 4.72. The molecule has 156 valence electrons. The third-order valence-corrected chi connectivity index (χ3v) is 6.89. The van der Waals surface area contributed by atoms with Crippen LogP contribution >= 0.6 is 0 Å². The Bertz CT molecular complexity index is 863. The minimum Gasteiger partial charge on any atom is -0.435 e. The number of hydrogen-bond acceptors (Lipinski definition) is 6. The number of carbonyl (C=O) groups is 1. The van der Waals surface area contributed by atoms with Crippen LogP contribution in [0.25, 0.3) is 0 Å². The standard InChI is InChI=1S/C21H29N5O3/c1-24-10-7-22-18(24)14-25-8-3-16(4-9-25)19-23-13-17(29-19)20(27)26-11-12-28-15-21(26)5-2-6-21/h7,10,13,16H,2-6,8-9,11-12,14-15H2,1H3. The third-order valence-electron chi connectivity index (χ3n) is 6.89. The Morgan fingerprint density at radius 1 is 1.24 bits per heavy atom. The van der Waals surface area contributed by atoms with E-state index < -0.39 is 0 Å². The van der Waals surface area contributed by atoms with Gasteiger partial charge in [0.15, 0.2) is 5.89 Å². The molecule has 0 radical (unpaired) electrons. The van der Waals surface area contributed by atoms with E-state index in [1.54, 1.807) is 6.20 Å². The highest BCUT2D eigenvalue weighted by atomic mass is 16.5. The lowest BCUT2D eigenvalue weighted by molar-refractivity contribution is -0.0886. The Kier molecular flexibility index (Phi) is 4.91. The SMILES string of the molecule is Cn1ccnc1CN1CCC(c2ncc(C(=O)N3CCOCC34CCC4)o2)CC1. The maximum absolute atomic E-state index is 13.1. The van der Waals surface area contributed by atoms with Crippen LogP contribution in [0, 0.1) is 0 Å². The Balaban J connectivity index is 1.21. The van der Waals surface area contributed by atoms with Gasteiger partial charge in [0.1, 0.15) is 5.82 Å². The molecule has 8 heteroatoms. The number of aromatic nitrogens is 3. The van der Waals surface area contributed by atoms with Crippen molar-refractivity contribution >= 4 is 5.91 Å². The average Bonchev–Trinajstić information content (AvgIpc) is 3.37. The number of morpholine rings is 1. The Morgan fingerprint density at radius 3 is 2.76 bits per heavy atom. The molecule has 0 unspecified atom stereocenters. The number of piperidine rings is 1. The lowest BCUT2D eigenvalue weighted by atomic mass is 9.75. The number of aryl methyl sites for hydroxylation is 1. The first kappa shape index (κ1) is 18.8. The van der Waals surface area contributed by atoms with E-state index in [4.69, 9.17) is 9.15 Å². The minimum absolute atomic E-state index is 0.0287. The number of ether oxygens (including phenoxy) is 1. The molecule has 0 atom stereocenters. The lowest BCUT2D eigenvalue weighted by Crippen LogP contribution is -2.62. The first-order valence-corrected chi connectivity index (χ1v) is 10.7. The topological polar surface area (TPSA) is 76.6 Å². The number of imidazole rings is 1. The van der Waals surface area contributed by atoms with Crippen molar-refractivity contribution in [3.63, 3.8) is 0 Å². The molecule has 4 heterocycles. The van der Waals surface area contributed by atoms with Crippen molar-refractivity contribution in [2.75, 3.05) is 32.8 Å². The van der Waals surface area contributed by atoms with Gasteiger partial charge in [0.05, 0.1) is 31.5 Å². The number of likely N-dealkylation sites (tertiary alicyclic amines) is 1. The fourth-order valence-corrected chi connectivity index (χ4v) is 4.84. The van der Waals surface area contributed by atoms with Crippen molar-refractivity contribution < 1.29 is 13.9 Å². The normalized spacial score (nSPS) is 22.7. The molecule has 8 nitrogen and oxygen atoms in total. The van der Waals surface area contributed by atoms with Crippen LogP contribution in [0.3, 0.4) is 0 Å². The van der Waals surface area contributed by atoms with Crippen molar-refractivity contribution in [1.29, 1.82) is 0 Å². The maximum atomic E-state index is 13.1. The van der Waals surface area contributed by atoms with Gasteiger partial charge in [-0.3, -0.25) is 9.69 Å². The van der Waals surface area contributed by atoms with Crippen LogP contribution in [-0.4, -0.2) is 68.6 Å². The molecule has 5 rings (SSSR count). The Labute approximate surface area is 170 Å². The molecule has 1 amide bonds. The molecule has 0 N–H and O–H groups in total. The van der Waals surface area contributed by atoms with Gasteiger partial charge in [0.2, 0.25) is 5.76 Å². The van der Waals surface area contributed by atoms with Gasteiger partial charge in [-0.05, 0) is 45.2 Å². The highest BCUT2D eigenvalue weighted by Gasteiger charge is 2.47. The molecule has 3 fully saturated rings. The number of oxazole rings is 1. The molecule has 0 aromatic carbocycles. The molecule has 2 aromatic heterocycles. The molecule has 2 saturated heterocycles.